The van der Waals surface area contributed by atoms with E-state index < -0.39 is 11.9 Å². The van der Waals surface area contributed by atoms with Crippen LogP contribution < -0.4 is 10.6 Å². The number of halogens is 1. The van der Waals surface area contributed by atoms with Crippen molar-refractivity contribution in [3.63, 3.8) is 0 Å². The van der Waals surface area contributed by atoms with E-state index in [-0.39, 0.29) is 18.7 Å². The van der Waals surface area contributed by atoms with E-state index in [4.69, 9.17) is 16.7 Å². The zero-order chi connectivity index (χ0) is 16.8. The largest absolute Gasteiger partial charge is 0.481 e. The number of aliphatic carboxylic acids is 1. The van der Waals surface area contributed by atoms with Crippen LogP contribution in [0.4, 0.5) is 11.4 Å². The SMILES string of the molecule is O=C(O)CCC(=O)Nc1ccc(Cl)c(NC(=O)c2cccs2)c1. The first-order chi connectivity index (χ1) is 11.0. The van der Waals surface area contributed by atoms with Crippen LogP contribution in [0.25, 0.3) is 0 Å². The summed E-state index contributed by atoms with van der Waals surface area (Å²) >= 11 is 7.34. The molecule has 0 saturated carbocycles. The molecule has 0 aliphatic rings. The van der Waals surface area contributed by atoms with E-state index in [0.717, 1.165) is 0 Å². The van der Waals surface area contributed by atoms with Crippen molar-refractivity contribution in [2.24, 2.45) is 0 Å². The molecular formula is C15H13ClN2O4S. The molecule has 0 bridgehead atoms. The van der Waals surface area contributed by atoms with E-state index in [0.29, 0.717) is 21.3 Å². The van der Waals surface area contributed by atoms with Crippen molar-refractivity contribution >= 4 is 52.1 Å². The zero-order valence-corrected chi connectivity index (χ0v) is 13.4. The van der Waals surface area contributed by atoms with Gasteiger partial charge < -0.3 is 15.7 Å². The van der Waals surface area contributed by atoms with Crippen molar-refractivity contribution in [1.82, 2.24) is 0 Å². The molecule has 6 nitrogen and oxygen atoms in total. The average molecular weight is 353 g/mol. The summed E-state index contributed by atoms with van der Waals surface area (Å²) in [7, 11) is 0. The van der Waals surface area contributed by atoms with Gasteiger partial charge in [-0.3, -0.25) is 14.4 Å². The highest BCUT2D eigenvalue weighted by Crippen LogP contribution is 2.26. The minimum absolute atomic E-state index is 0.130. The van der Waals surface area contributed by atoms with Crippen molar-refractivity contribution < 1.29 is 19.5 Å². The fourth-order valence-corrected chi connectivity index (χ4v) is 2.52. The van der Waals surface area contributed by atoms with Gasteiger partial charge in [-0.05, 0) is 29.6 Å². The minimum Gasteiger partial charge on any atom is -0.481 e. The lowest BCUT2D eigenvalue weighted by Crippen LogP contribution is -2.14. The van der Waals surface area contributed by atoms with Gasteiger partial charge >= 0.3 is 5.97 Å². The summed E-state index contributed by atoms with van der Waals surface area (Å²) in [5.74, 6) is -1.76. The summed E-state index contributed by atoms with van der Waals surface area (Å²) in [6.45, 7) is 0. The molecule has 0 saturated heterocycles. The number of benzene rings is 1. The third-order valence-corrected chi connectivity index (χ3v) is 4.01. The van der Waals surface area contributed by atoms with Crippen LogP contribution in [0.15, 0.2) is 35.7 Å². The molecule has 0 spiro atoms. The molecule has 23 heavy (non-hydrogen) atoms. The number of carbonyl (C=O) groups excluding carboxylic acids is 2. The maximum absolute atomic E-state index is 12.0. The highest BCUT2D eigenvalue weighted by molar-refractivity contribution is 7.12. The van der Waals surface area contributed by atoms with Gasteiger partial charge in [0.1, 0.15) is 0 Å². The van der Waals surface area contributed by atoms with Gasteiger partial charge in [-0.1, -0.05) is 17.7 Å². The fraction of sp³-hybridized carbons (Fsp3) is 0.133. The second kappa shape index (κ2) is 7.75. The van der Waals surface area contributed by atoms with Gasteiger partial charge in [0.05, 0.1) is 22.0 Å². The first kappa shape index (κ1) is 17.0. The Bertz CT molecular complexity index is 731. The minimum atomic E-state index is -1.04. The average Bonchev–Trinajstić information content (AvgIpc) is 3.03. The van der Waals surface area contributed by atoms with Crippen LogP contribution in [0.2, 0.25) is 5.02 Å². The third kappa shape index (κ3) is 5.08. The van der Waals surface area contributed by atoms with Crippen LogP contribution >= 0.6 is 22.9 Å². The summed E-state index contributed by atoms with van der Waals surface area (Å²) in [5, 5.41) is 15.9. The number of nitrogens with one attached hydrogen (secondary N) is 2. The second-order valence-corrected chi connectivity index (χ2v) is 5.92. The molecule has 0 atom stereocenters. The summed E-state index contributed by atoms with van der Waals surface area (Å²) in [6, 6.07) is 8.08. The van der Waals surface area contributed by atoms with E-state index in [1.807, 2.05) is 0 Å². The second-order valence-electron chi connectivity index (χ2n) is 4.57. The Morgan fingerprint density at radius 1 is 1.13 bits per heavy atom. The highest BCUT2D eigenvalue weighted by Gasteiger charge is 2.11. The number of hydrogen-bond acceptors (Lipinski definition) is 4. The molecule has 120 valence electrons. The zero-order valence-electron chi connectivity index (χ0n) is 11.8. The van der Waals surface area contributed by atoms with Crippen molar-refractivity contribution in [1.29, 1.82) is 0 Å². The lowest BCUT2D eigenvalue weighted by molar-refractivity contribution is -0.138. The summed E-state index contributed by atoms with van der Waals surface area (Å²) < 4.78 is 0. The Balaban J connectivity index is 2.05. The Morgan fingerprint density at radius 3 is 2.57 bits per heavy atom. The number of carbonyl (C=O) groups is 3. The quantitative estimate of drug-likeness (QED) is 0.741. The maximum Gasteiger partial charge on any atom is 0.303 e. The molecule has 2 aromatic rings. The van der Waals surface area contributed by atoms with Gasteiger partial charge in [0.2, 0.25) is 5.91 Å². The summed E-state index contributed by atoms with van der Waals surface area (Å²) in [4.78, 5) is 34.6. The number of amides is 2. The van der Waals surface area contributed by atoms with E-state index in [1.165, 1.54) is 17.4 Å². The van der Waals surface area contributed by atoms with E-state index >= 15 is 0 Å². The molecule has 1 aromatic heterocycles. The van der Waals surface area contributed by atoms with Crippen LogP contribution in [0.1, 0.15) is 22.5 Å². The Kier molecular flexibility index (Phi) is 5.72. The monoisotopic (exact) mass is 352 g/mol. The fourth-order valence-electron chi connectivity index (χ4n) is 1.73. The molecule has 3 N–H and O–H groups in total. The molecule has 1 aromatic carbocycles. The molecule has 0 aliphatic heterocycles. The molecule has 0 fully saturated rings. The lowest BCUT2D eigenvalue weighted by atomic mass is 10.2. The van der Waals surface area contributed by atoms with E-state index in [2.05, 4.69) is 10.6 Å². The Labute approximate surface area is 141 Å². The molecule has 0 unspecified atom stereocenters. The highest BCUT2D eigenvalue weighted by atomic mass is 35.5. The molecule has 1 heterocycles. The van der Waals surface area contributed by atoms with Crippen molar-refractivity contribution in [3.05, 3.63) is 45.6 Å². The van der Waals surface area contributed by atoms with Gasteiger partial charge in [-0.25, -0.2) is 0 Å². The van der Waals surface area contributed by atoms with Crippen molar-refractivity contribution in [3.8, 4) is 0 Å². The predicted octanol–water partition coefficient (Wildman–Crippen LogP) is 3.46. The van der Waals surface area contributed by atoms with E-state index in [1.54, 1.807) is 29.6 Å². The molecule has 2 rings (SSSR count). The lowest BCUT2D eigenvalue weighted by Gasteiger charge is -2.10. The number of hydrogen-bond donors (Lipinski definition) is 3. The third-order valence-electron chi connectivity index (χ3n) is 2.81. The normalized spacial score (nSPS) is 10.1. The number of carboxylic acids is 1. The molecular weight excluding hydrogens is 340 g/mol. The number of carboxylic acid groups (broad SMARTS) is 1. The van der Waals surface area contributed by atoms with Gasteiger partial charge in [-0.15, -0.1) is 11.3 Å². The van der Waals surface area contributed by atoms with Crippen LogP contribution in [0.5, 0.6) is 0 Å². The van der Waals surface area contributed by atoms with Gasteiger partial charge in [0, 0.05) is 12.1 Å². The summed E-state index contributed by atoms with van der Waals surface area (Å²) in [6.07, 6.45) is -0.379. The van der Waals surface area contributed by atoms with Crippen LogP contribution in [0, 0.1) is 0 Å². The summed E-state index contributed by atoms with van der Waals surface area (Å²) in [5.41, 5.74) is 0.785. The first-order valence-electron chi connectivity index (χ1n) is 6.62. The molecule has 8 heteroatoms. The van der Waals surface area contributed by atoms with Gasteiger partial charge in [0.15, 0.2) is 0 Å². The number of rotatable bonds is 6. The van der Waals surface area contributed by atoms with Crippen LogP contribution in [-0.4, -0.2) is 22.9 Å². The van der Waals surface area contributed by atoms with Gasteiger partial charge in [-0.2, -0.15) is 0 Å². The molecule has 0 aliphatic carbocycles. The molecule has 2 amide bonds. The van der Waals surface area contributed by atoms with Crippen molar-refractivity contribution in [2.75, 3.05) is 10.6 Å². The van der Waals surface area contributed by atoms with E-state index in [9.17, 15) is 14.4 Å². The topological polar surface area (TPSA) is 95.5 Å². The number of anilines is 2. The van der Waals surface area contributed by atoms with Crippen LogP contribution in [0.3, 0.4) is 0 Å². The van der Waals surface area contributed by atoms with Gasteiger partial charge in [0.25, 0.3) is 5.91 Å². The first-order valence-corrected chi connectivity index (χ1v) is 7.87. The van der Waals surface area contributed by atoms with Crippen LogP contribution in [-0.2, 0) is 9.59 Å². The Morgan fingerprint density at radius 2 is 1.91 bits per heavy atom. The van der Waals surface area contributed by atoms with Crippen molar-refractivity contribution in [2.45, 2.75) is 12.8 Å². The Hall–Kier alpha value is -2.38. The standard InChI is InChI=1S/C15H13ClN2O4S/c16-10-4-3-9(17-13(19)5-6-14(20)21)8-11(10)18-15(22)12-2-1-7-23-12/h1-4,7-8H,5-6H2,(H,17,19)(H,18,22)(H,20,21). The smallest absolute Gasteiger partial charge is 0.303 e. The molecule has 0 radical (unpaired) electrons. The maximum atomic E-state index is 12.0. The number of thiophene rings is 1. The predicted molar refractivity (Wildman–Crippen MR) is 89.2 cm³/mol.